The lowest BCUT2D eigenvalue weighted by atomic mass is 10.1. The van der Waals surface area contributed by atoms with Crippen LogP contribution in [0.5, 0.6) is 5.75 Å². The van der Waals surface area contributed by atoms with Crippen LogP contribution in [0.1, 0.15) is 18.5 Å². The fraction of sp³-hybridized carbons (Fsp3) is 0.267. The van der Waals surface area contributed by atoms with Crippen molar-refractivity contribution in [2.24, 2.45) is 0 Å². The maximum atomic E-state index is 10.5. The molecule has 2 aromatic rings. The van der Waals surface area contributed by atoms with E-state index in [1.54, 1.807) is 24.5 Å². The highest BCUT2D eigenvalue weighted by Gasteiger charge is 2.05. The Balaban J connectivity index is 1.73. The molecule has 0 fully saturated rings. The van der Waals surface area contributed by atoms with E-state index < -0.39 is 4.92 Å². The highest BCUT2D eigenvalue weighted by Crippen LogP contribution is 2.17. The molecule has 0 aliphatic rings. The molecular weight excluding hydrogens is 270 g/mol. The zero-order valence-corrected chi connectivity index (χ0v) is 11.7. The van der Waals surface area contributed by atoms with Gasteiger partial charge >= 0.3 is 0 Å². The summed E-state index contributed by atoms with van der Waals surface area (Å²) in [5.74, 6) is 0.624. The Labute approximate surface area is 122 Å². The lowest BCUT2D eigenvalue weighted by molar-refractivity contribution is -0.384. The van der Waals surface area contributed by atoms with Gasteiger partial charge in [-0.15, -0.1) is 0 Å². The summed E-state index contributed by atoms with van der Waals surface area (Å²) in [5.41, 5.74) is 1.23. The normalized spacial score (nSPS) is 11.9. The molecule has 1 aromatic heterocycles. The van der Waals surface area contributed by atoms with Gasteiger partial charge in [0.1, 0.15) is 12.4 Å². The molecule has 0 bridgehead atoms. The summed E-state index contributed by atoms with van der Waals surface area (Å²) < 4.78 is 5.53. The summed E-state index contributed by atoms with van der Waals surface area (Å²) in [6.45, 7) is 3.24. The van der Waals surface area contributed by atoms with Crippen LogP contribution in [0.2, 0.25) is 0 Å². The first kappa shape index (κ1) is 14.9. The van der Waals surface area contributed by atoms with E-state index in [0.29, 0.717) is 18.9 Å². The fourth-order valence-corrected chi connectivity index (χ4v) is 1.88. The zero-order chi connectivity index (χ0) is 15.1. The van der Waals surface area contributed by atoms with Crippen LogP contribution in [0.15, 0.2) is 48.8 Å². The third kappa shape index (κ3) is 4.54. The summed E-state index contributed by atoms with van der Waals surface area (Å²) in [6.07, 6.45) is 3.53. The van der Waals surface area contributed by atoms with Gasteiger partial charge in [0.25, 0.3) is 5.69 Å². The lowest BCUT2D eigenvalue weighted by Gasteiger charge is -2.14. The number of nitro benzene ring substituents is 1. The number of benzene rings is 1. The van der Waals surface area contributed by atoms with Crippen LogP contribution in [0.4, 0.5) is 5.69 Å². The van der Waals surface area contributed by atoms with Gasteiger partial charge in [-0.05, 0) is 36.8 Å². The van der Waals surface area contributed by atoms with Gasteiger partial charge in [0, 0.05) is 37.1 Å². The second-order valence-corrected chi connectivity index (χ2v) is 4.56. The van der Waals surface area contributed by atoms with Crippen LogP contribution in [-0.2, 0) is 0 Å². The van der Waals surface area contributed by atoms with E-state index in [4.69, 9.17) is 4.74 Å². The monoisotopic (exact) mass is 287 g/mol. The molecule has 0 unspecified atom stereocenters. The van der Waals surface area contributed by atoms with Crippen LogP contribution in [-0.4, -0.2) is 23.1 Å². The Morgan fingerprint density at radius 1 is 1.24 bits per heavy atom. The van der Waals surface area contributed by atoms with Crippen molar-refractivity contribution in [2.45, 2.75) is 13.0 Å². The molecule has 0 spiro atoms. The van der Waals surface area contributed by atoms with Crippen LogP contribution in [0.25, 0.3) is 0 Å². The number of hydrogen-bond donors (Lipinski definition) is 1. The maximum Gasteiger partial charge on any atom is 0.269 e. The van der Waals surface area contributed by atoms with E-state index in [9.17, 15) is 10.1 Å². The second kappa shape index (κ2) is 7.35. The molecule has 0 saturated carbocycles. The molecule has 1 heterocycles. The molecule has 0 saturated heterocycles. The molecule has 110 valence electrons. The standard InChI is InChI=1S/C15H17N3O3/c1-12(13-6-8-16-9-7-13)17-10-11-21-15-4-2-14(3-5-15)18(19)20/h2-9,12,17H,10-11H2,1H3/t12-/m0/s1. The van der Waals surface area contributed by atoms with E-state index in [0.717, 1.165) is 0 Å². The molecule has 6 heteroatoms. The summed E-state index contributed by atoms with van der Waals surface area (Å²) in [7, 11) is 0. The fourth-order valence-electron chi connectivity index (χ4n) is 1.88. The predicted molar refractivity (Wildman–Crippen MR) is 79.2 cm³/mol. The molecule has 6 nitrogen and oxygen atoms in total. The number of nitrogens with zero attached hydrogens (tertiary/aromatic N) is 2. The number of ether oxygens (including phenoxy) is 1. The largest absolute Gasteiger partial charge is 0.492 e. The molecule has 0 amide bonds. The van der Waals surface area contributed by atoms with E-state index in [1.807, 2.05) is 12.1 Å². The minimum atomic E-state index is -0.429. The first-order valence-electron chi connectivity index (χ1n) is 6.67. The van der Waals surface area contributed by atoms with Crippen molar-refractivity contribution in [2.75, 3.05) is 13.2 Å². The van der Waals surface area contributed by atoms with Gasteiger partial charge < -0.3 is 10.1 Å². The molecule has 0 aliphatic carbocycles. The van der Waals surface area contributed by atoms with Gasteiger partial charge in [-0.2, -0.15) is 0 Å². The zero-order valence-electron chi connectivity index (χ0n) is 11.7. The first-order chi connectivity index (χ1) is 10.2. The number of aromatic nitrogens is 1. The Bertz CT molecular complexity index is 572. The van der Waals surface area contributed by atoms with Crippen molar-refractivity contribution in [1.82, 2.24) is 10.3 Å². The van der Waals surface area contributed by atoms with Crippen LogP contribution in [0.3, 0.4) is 0 Å². The van der Waals surface area contributed by atoms with Gasteiger partial charge in [0.2, 0.25) is 0 Å². The highest BCUT2D eigenvalue weighted by molar-refractivity contribution is 5.35. The molecular formula is C15H17N3O3. The van der Waals surface area contributed by atoms with E-state index in [2.05, 4.69) is 17.2 Å². The van der Waals surface area contributed by atoms with Crippen molar-refractivity contribution in [3.63, 3.8) is 0 Å². The summed E-state index contributed by atoms with van der Waals surface area (Å²) in [6, 6.07) is 10.2. The number of rotatable bonds is 7. The Morgan fingerprint density at radius 2 is 1.90 bits per heavy atom. The number of non-ortho nitro benzene ring substituents is 1. The van der Waals surface area contributed by atoms with E-state index >= 15 is 0 Å². The number of nitro groups is 1. The minimum Gasteiger partial charge on any atom is -0.492 e. The van der Waals surface area contributed by atoms with Gasteiger partial charge in [-0.3, -0.25) is 15.1 Å². The first-order valence-corrected chi connectivity index (χ1v) is 6.67. The molecule has 1 aromatic carbocycles. The smallest absolute Gasteiger partial charge is 0.269 e. The van der Waals surface area contributed by atoms with Crippen molar-refractivity contribution in [1.29, 1.82) is 0 Å². The average molecular weight is 287 g/mol. The van der Waals surface area contributed by atoms with Gasteiger partial charge in [-0.1, -0.05) is 0 Å². The Kier molecular flexibility index (Phi) is 5.22. The van der Waals surface area contributed by atoms with Crippen molar-refractivity contribution < 1.29 is 9.66 Å². The Morgan fingerprint density at radius 3 is 2.52 bits per heavy atom. The molecule has 1 N–H and O–H groups in total. The van der Waals surface area contributed by atoms with Crippen molar-refractivity contribution in [3.05, 3.63) is 64.5 Å². The third-order valence-electron chi connectivity index (χ3n) is 3.07. The molecule has 0 aliphatic heterocycles. The number of hydrogen-bond acceptors (Lipinski definition) is 5. The van der Waals surface area contributed by atoms with Gasteiger partial charge in [0.15, 0.2) is 0 Å². The van der Waals surface area contributed by atoms with Gasteiger partial charge in [0.05, 0.1) is 4.92 Å². The van der Waals surface area contributed by atoms with Crippen LogP contribution >= 0.6 is 0 Å². The SMILES string of the molecule is C[C@H](NCCOc1ccc([N+](=O)[O-])cc1)c1ccncc1. The number of nitrogens with one attached hydrogen (secondary N) is 1. The van der Waals surface area contributed by atoms with Gasteiger partial charge in [-0.25, -0.2) is 0 Å². The average Bonchev–Trinajstić information content (AvgIpc) is 2.52. The topological polar surface area (TPSA) is 77.3 Å². The van der Waals surface area contributed by atoms with Crippen molar-refractivity contribution in [3.8, 4) is 5.75 Å². The maximum absolute atomic E-state index is 10.5. The third-order valence-corrected chi connectivity index (χ3v) is 3.07. The molecule has 1 atom stereocenters. The Hall–Kier alpha value is -2.47. The molecule has 0 radical (unpaired) electrons. The minimum absolute atomic E-state index is 0.0618. The van der Waals surface area contributed by atoms with E-state index in [1.165, 1.54) is 17.7 Å². The second-order valence-electron chi connectivity index (χ2n) is 4.56. The summed E-state index contributed by atoms with van der Waals surface area (Å²) in [5, 5.41) is 13.9. The lowest BCUT2D eigenvalue weighted by Crippen LogP contribution is -2.24. The molecule has 21 heavy (non-hydrogen) atoms. The summed E-state index contributed by atoms with van der Waals surface area (Å²) in [4.78, 5) is 14.1. The van der Waals surface area contributed by atoms with Crippen LogP contribution < -0.4 is 10.1 Å². The summed E-state index contributed by atoms with van der Waals surface area (Å²) >= 11 is 0. The predicted octanol–water partition coefficient (Wildman–Crippen LogP) is 2.72. The quantitative estimate of drug-likeness (QED) is 0.481. The molecule has 2 rings (SSSR count). The highest BCUT2D eigenvalue weighted by atomic mass is 16.6. The van der Waals surface area contributed by atoms with Crippen LogP contribution in [0, 0.1) is 10.1 Å². The van der Waals surface area contributed by atoms with Crippen molar-refractivity contribution >= 4 is 5.69 Å². The van der Waals surface area contributed by atoms with E-state index in [-0.39, 0.29) is 11.7 Å². The number of pyridine rings is 1.